The van der Waals surface area contributed by atoms with Crippen molar-refractivity contribution in [3.05, 3.63) is 104 Å². The highest BCUT2D eigenvalue weighted by atomic mass is 32.1. The highest BCUT2D eigenvalue weighted by Gasteiger charge is 2.12. The average molecular weight is 401 g/mol. The highest BCUT2D eigenvalue weighted by Crippen LogP contribution is 2.26. The minimum atomic E-state index is -0.384. The van der Waals surface area contributed by atoms with Crippen LogP contribution in [-0.4, -0.2) is 9.49 Å². The Morgan fingerprint density at radius 1 is 0.931 bits per heavy atom. The molecule has 6 heteroatoms. The predicted molar refractivity (Wildman–Crippen MR) is 117 cm³/mol. The normalized spacial score (nSPS) is 11.6. The van der Waals surface area contributed by atoms with E-state index >= 15 is 0 Å². The van der Waals surface area contributed by atoms with Crippen molar-refractivity contribution in [2.75, 3.05) is 0 Å². The van der Waals surface area contributed by atoms with Crippen LogP contribution < -0.4 is 4.80 Å². The SMILES string of the molecule is Cc1cccc(N=c2scc(-c3ccc([N+](=O)[O-])cc3)n2-c2cccc(C)c2)c1. The molecular weight excluding hydrogens is 382 g/mol. The van der Waals surface area contributed by atoms with Crippen molar-refractivity contribution >= 4 is 22.7 Å². The fourth-order valence-electron chi connectivity index (χ4n) is 3.17. The molecule has 0 bridgehead atoms. The molecule has 0 aliphatic rings. The largest absolute Gasteiger partial charge is 0.285 e. The Morgan fingerprint density at radius 3 is 2.28 bits per heavy atom. The minimum absolute atomic E-state index is 0.0794. The quantitative estimate of drug-likeness (QED) is 0.313. The van der Waals surface area contributed by atoms with Crippen LogP contribution in [-0.2, 0) is 0 Å². The molecule has 3 aromatic carbocycles. The molecule has 0 radical (unpaired) electrons. The van der Waals surface area contributed by atoms with E-state index in [1.54, 1.807) is 23.5 Å². The molecule has 1 aromatic heterocycles. The third-order valence-electron chi connectivity index (χ3n) is 4.57. The zero-order valence-corrected chi connectivity index (χ0v) is 16.9. The van der Waals surface area contributed by atoms with E-state index < -0.39 is 0 Å². The standard InChI is InChI=1S/C23H19N3O2S/c1-16-5-3-7-19(13-16)24-23-25(21-8-4-6-17(2)14-21)22(15-29-23)18-9-11-20(12-10-18)26(27)28/h3-15H,1-2H3. The molecule has 0 aliphatic heterocycles. The number of aromatic nitrogens is 1. The van der Waals surface area contributed by atoms with E-state index in [0.29, 0.717) is 0 Å². The molecule has 0 atom stereocenters. The monoisotopic (exact) mass is 401 g/mol. The fourth-order valence-corrected chi connectivity index (χ4v) is 4.09. The van der Waals surface area contributed by atoms with Crippen LogP contribution in [0.15, 0.2) is 83.2 Å². The van der Waals surface area contributed by atoms with Crippen LogP contribution in [0.5, 0.6) is 0 Å². The van der Waals surface area contributed by atoms with Gasteiger partial charge < -0.3 is 0 Å². The Labute approximate surface area is 172 Å². The van der Waals surface area contributed by atoms with Gasteiger partial charge in [0.25, 0.3) is 5.69 Å². The summed E-state index contributed by atoms with van der Waals surface area (Å²) in [4.78, 5) is 16.3. The summed E-state index contributed by atoms with van der Waals surface area (Å²) >= 11 is 1.55. The first-order valence-corrected chi connectivity index (χ1v) is 10.0. The topological polar surface area (TPSA) is 60.4 Å². The average Bonchev–Trinajstić information content (AvgIpc) is 3.11. The number of rotatable bonds is 4. The number of aryl methyl sites for hydroxylation is 2. The van der Waals surface area contributed by atoms with Gasteiger partial charge in [-0.15, -0.1) is 11.3 Å². The number of nitro benzene ring substituents is 1. The molecule has 4 aromatic rings. The van der Waals surface area contributed by atoms with Crippen LogP contribution in [0.3, 0.4) is 0 Å². The van der Waals surface area contributed by atoms with Gasteiger partial charge >= 0.3 is 0 Å². The Balaban J connectivity index is 1.92. The van der Waals surface area contributed by atoms with Gasteiger partial charge in [0.1, 0.15) is 0 Å². The lowest BCUT2D eigenvalue weighted by Gasteiger charge is -2.10. The lowest BCUT2D eigenvalue weighted by Crippen LogP contribution is -2.13. The molecule has 0 fully saturated rings. The van der Waals surface area contributed by atoms with Gasteiger partial charge in [0.05, 0.1) is 16.3 Å². The summed E-state index contributed by atoms with van der Waals surface area (Å²) in [5.74, 6) is 0. The van der Waals surface area contributed by atoms with Crippen LogP contribution in [0, 0.1) is 24.0 Å². The molecule has 1 heterocycles. The third kappa shape index (κ3) is 4.02. The molecule has 0 aliphatic carbocycles. The molecule has 4 rings (SSSR count). The number of hydrogen-bond acceptors (Lipinski definition) is 4. The van der Waals surface area contributed by atoms with Gasteiger partial charge in [0.2, 0.25) is 0 Å². The summed E-state index contributed by atoms with van der Waals surface area (Å²) in [7, 11) is 0. The van der Waals surface area contributed by atoms with Crippen LogP contribution in [0.4, 0.5) is 11.4 Å². The Bertz CT molecular complexity index is 1250. The molecule has 5 nitrogen and oxygen atoms in total. The van der Waals surface area contributed by atoms with Crippen molar-refractivity contribution < 1.29 is 4.92 Å². The highest BCUT2D eigenvalue weighted by molar-refractivity contribution is 7.07. The summed E-state index contributed by atoms with van der Waals surface area (Å²) in [5, 5.41) is 13.0. The van der Waals surface area contributed by atoms with Crippen molar-refractivity contribution in [1.29, 1.82) is 0 Å². The van der Waals surface area contributed by atoms with Gasteiger partial charge in [-0.25, -0.2) is 4.99 Å². The summed E-state index contributed by atoms with van der Waals surface area (Å²) in [6.07, 6.45) is 0. The molecule has 0 saturated carbocycles. The molecule has 0 N–H and O–H groups in total. The molecule has 0 amide bonds. The van der Waals surface area contributed by atoms with Gasteiger partial charge in [-0.2, -0.15) is 0 Å². The number of thiazole rings is 1. The Kier molecular flexibility index (Phi) is 5.10. The number of hydrogen-bond donors (Lipinski definition) is 0. The van der Waals surface area contributed by atoms with E-state index in [1.165, 1.54) is 12.1 Å². The summed E-state index contributed by atoms with van der Waals surface area (Å²) in [6, 6.07) is 22.9. The van der Waals surface area contributed by atoms with Crippen molar-refractivity contribution in [1.82, 2.24) is 4.57 Å². The molecule has 0 saturated heterocycles. The van der Waals surface area contributed by atoms with Gasteiger partial charge in [-0.3, -0.25) is 14.7 Å². The second kappa shape index (κ2) is 7.85. The lowest BCUT2D eigenvalue weighted by atomic mass is 10.1. The minimum Gasteiger partial charge on any atom is -0.285 e. The second-order valence-corrected chi connectivity index (χ2v) is 7.67. The van der Waals surface area contributed by atoms with E-state index in [1.807, 2.05) is 48.7 Å². The van der Waals surface area contributed by atoms with E-state index in [2.05, 4.69) is 23.6 Å². The van der Waals surface area contributed by atoms with Crippen molar-refractivity contribution in [3.8, 4) is 16.9 Å². The smallest absolute Gasteiger partial charge is 0.269 e. The van der Waals surface area contributed by atoms with Crippen molar-refractivity contribution in [2.24, 2.45) is 4.99 Å². The van der Waals surface area contributed by atoms with E-state index in [0.717, 1.165) is 38.6 Å². The zero-order valence-electron chi connectivity index (χ0n) is 16.1. The Hall–Kier alpha value is -3.51. The molecule has 0 unspecified atom stereocenters. The maximum absolute atomic E-state index is 11.0. The van der Waals surface area contributed by atoms with Crippen LogP contribution in [0.1, 0.15) is 11.1 Å². The predicted octanol–water partition coefficient (Wildman–Crippen LogP) is 5.96. The number of benzene rings is 3. The van der Waals surface area contributed by atoms with Crippen LogP contribution in [0.2, 0.25) is 0 Å². The summed E-state index contributed by atoms with van der Waals surface area (Å²) < 4.78 is 2.10. The first-order valence-electron chi connectivity index (χ1n) is 9.15. The number of nitrogens with zero attached hydrogens (tertiary/aromatic N) is 3. The van der Waals surface area contributed by atoms with Crippen LogP contribution in [0.25, 0.3) is 16.9 Å². The van der Waals surface area contributed by atoms with Crippen molar-refractivity contribution in [3.63, 3.8) is 0 Å². The van der Waals surface area contributed by atoms with E-state index in [9.17, 15) is 10.1 Å². The number of non-ortho nitro benzene ring substituents is 1. The summed E-state index contributed by atoms with van der Waals surface area (Å²) in [5.41, 5.74) is 6.13. The first kappa shape index (κ1) is 18.8. The maximum Gasteiger partial charge on any atom is 0.269 e. The molecule has 29 heavy (non-hydrogen) atoms. The maximum atomic E-state index is 11.0. The van der Waals surface area contributed by atoms with Gasteiger partial charge in [-0.05, 0) is 66.9 Å². The second-order valence-electron chi connectivity index (χ2n) is 6.83. The third-order valence-corrected chi connectivity index (χ3v) is 5.39. The van der Waals surface area contributed by atoms with Crippen molar-refractivity contribution in [2.45, 2.75) is 13.8 Å². The molecular formula is C23H19N3O2S. The summed E-state index contributed by atoms with van der Waals surface area (Å²) in [6.45, 7) is 4.10. The molecule has 0 spiro atoms. The van der Waals surface area contributed by atoms with E-state index in [4.69, 9.17) is 4.99 Å². The first-order chi connectivity index (χ1) is 14.0. The molecule has 144 valence electrons. The fraction of sp³-hybridized carbons (Fsp3) is 0.0870. The van der Waals surface area contributed by atoms with Crippen LogP contribution >= 0.6 is 11.3 Å². The van der Waals surface area contributed by atoms with Gasteiger partial charge in [-0.1, -0.05) is 24.3 Å². The van der Waals surface area contributed by atoms with Gasteiger partial charge in [0.15, 0.2) is 4.80 Å². The Morgan fingerprint density at radius 2 is 1.62 bits per heavy atom. The van der Waals surface area contributed by atoms with E-state index in [-0.39, 0.29) is 10.6 Å². The zero-order chi connectivity index (χ0) is 20.4. The lowest BCUT2D eigenvalue weighted by molar-refractivity contribution is -0.384. The van der Waals surface area contributed by atoms with Gasteiger partial charge in [0, 0.05) is 23.2 Å². The number of nitro groups is 1.